The lowest BCUT2D eigenvalue weighted by Crippen LogP contribution is -2.66. The molecule has 286 valence electrons. The first-order chi connectivity index (χ1) is 26.4. The Balaban J connectivity index is 1.19. The number of phenolic OH excluding ortho intramolecular Hbond substituents is 1. The van der Waals surface area contributed by atoms with E-state index >= 15 is 0 Å². The van der Waals surface area contributed by atoms with Gasteiger partial charge in [-0.2, -0.15) is 0 Å². The Hall–Kier alpha value is -4.43. The number of nitrogens with zero attached hydrogens (tertiary/aromatic N) is 2. The lowest BCUT2D eigenvalue weighted by molar-refractivity contribution is -0.158. The van der Waals surface area contributed by atoms with Crippen molar-refractivity contribution in [2.24, 2.45) is 0 Å². The Bertz CT molecular complexity index is 2410. The van der Waals surface area contributed by atoms with E-state index in [1.165, 1.54) is 6.92 Å². The number of nitrogens with one attached hydrogen (secondary N) is 1. The SMILES string of the molecule is COc1c(C)cc2c(c1O)[C@@H]1C3[C@@H]4SC[C@]5(NCCc6c5oc5ccccc65)C(=O)OC[C@@H](c5c6c(c(C)c(OC(C)=O)c54)OCO6)N3C3(C)CN1C2(C)C3. The minimum atomic E-state index is -1.28. The van der Waals surface area contributed by atoms with E-state index in [0.29, 0.717) is 47.3 Å². The summed E-state index contributed by atoms with van der Waals surface area (Å²) in [6, 6.07) is 9.06. The highest BCUT2D eigenvalue weighted by molar-refractivity contribution is 7.99. The first kappa shape index (κ1) is 33.9. The molecular formula is C42H43N3O9S. The highest BCUT2D eigenvalue weighted by atomic mass is 32.2. The second kappa shape index (κ2) is 11.1. The molecule has 3 aromatic carbocycles. The topological polar surface area (TPSA) is 132 Å². The van der Waals surface area contributed by atoms with E-state index in [1.54, 1.807) is 18.9 Å². The summed E-state index contributed by atoms with van der Waals surface area (Å²) in [5.41, 5.74) is 4.88. The Kier molecular flexibility index (Phi) is 6.84. The van der Waals surface area contributed by atoms with Crippen molar-refractivity contribution in [2.45, 2.75) is 87.5 Å². The molecule has 7 atom stereocenters. The summed E-state index contributed by atoms with van der Waals surface area (Å²) in [5.74, 6) is 2.22. The molecule has 3 unspecified atom stereocenters. The predicted molar refractivity (Wildman–Crippen MR) is 202 cm³/mol. The number of para-hydroxylation sites is 1. The summed E-state index contributed by atoms with van der Waals surface area (Å²) in [6.45, 7) is 11.2. The number of hydrogen-bond acceptors (Lipinski definition) is 13. The second-order valence-corrected chi connectivity index (χ2v) is 17.9. The maximum atomic E-state index is 14.9. The minimum Gasteiger partial charge on any atom is -0.504 e. The van der Waals surface area contributed by atoms with Gasteiger partial charge in [0.05, 0.1) is 24.4 Å². The number of carbonyl (C=O) groups is 2. The number of piperazine rings is 1. The molecule has 0 amide bonds. The first-order valence-corrected chi connectivity index (χ1v) is 20.1. The molecule has 0 saturated carbocycles. The summed E-state index contributed by atoms with van der Waals surface area (Å²) in [7, 11) is 1.60. The van der Waals surface area contributed by atoms with Crippen molar-refractivity contribution in [3.63, 3.8) is 0 Å². The van der Waals surface area contributed by atoms with Crippen LogP contribution in [0.5, 0.6) is 28.7 Å². The number of benzene rings is 3. The molecule has 4 aromatic rings. The quantitative estimate of drug-likeness (QED) is 0.184. The Morgan fingerprint density at radius 2 is 1.87 bits per heavy atom. The highest BCUT2D eigenvalue weighted by Gasteiger charge is 2.71. The zero-order valence-electron chi connectivity index (χ0n) is 31.7. The second-order valence-electron chi connectivity index (χ2n) is 16.7. The van der Waals surface area contributed by atoms with Crippen molar-refractivity contribution >= 4 is 34.7 Å². The molecule has 12 nitrogen and oxygen atoms in total. The molecule has 55 heavy (non-hydrogen) atoms. The molecule has 0 aliphatic carbocycles. The molecule has 1 spiro atoms. The van der Waals surface area contributed by atoms with Crippen LogP contribution in [0.1, 0.15) is 89.2 Å². The van der Waals surface area contributed by atoms with Crippen molar-refractivity contribution in [3.05, 3.63) is 75.0 Å². The third kappa shape index (κ3) is 4.09. The average molecular weight is 766 g/mol. The van der Waals surface area contributed by atoms with E-state index in [1.807, 2.05) is 38.1 Å². The third-order valence-corrected chi connectivity index (χ3v) is 15.2. The number of aromatic hydroxyl groups is 1. The number of furan rings is 1. The summed E-state index contributed by atoms with van der Waals surface area (Å²) >= 11 is 1.63. The number of thioether (sulfide) groups is 1. The number of ether oxygens (including phenoxy) is 5. The minimum absolute atomic E-state index is 0.00612. The molecule has 0 radical (unpaired) electrons. The number of methoxy groups -OCH3 is 1. The van der Waals surface area contributed by atoms with Gasteiger partial charge in [-0.25, -0.2) is 4.79 Å². The van der Waals surface area contributed by atoms with Gasteiger partial charge in [0, 0.05) is 76.1 Å². The summed E-state index contributed by atoms with van der Waals surface area (Å²) in [4.78, 5) is 33.0. The molecule has 9 heterocycles. The van der Waals surface area contributed by atoms with E-state index in [4.69, 9.17) is 28.1 Å². The smallest absolute Gasteiger partial charge is 0.335 e. The number of phenols is 1. The molecule has 1 aromatic heterocycles. The van der Waals surface area contributed by atoms with Gasteiger partial charge in [0.25, 0.3) is 0 Å². The lowest BCUT2D eigenvalue weighted by Gasteiger charge is -2.60. The van der Waals surface area contributed by atoms with Crippen molar-refractivity contribution in [1.29, 1.82) is 0 Å². The molecule has 3 saturated heterocycles. The number of fused-ring (bicyclic) bond motifs is 11. The van der Waals surface area contributed by atoms with Crippen LogP contribution in [0.4, 0.5) is 0 Å². The largest absolute Gasteiger partial charge is 0.504 e. The fourth-order valence-electron chi connectivity index (χ4n) is 11.8. The van der Waals surface area contributed by atoms with Crippen molar-refractivity contribution in [1.82, 2.24) is 15.1 Å². The van der Waals surface area contributed by atoms with Crippen LogP contribution in [-0.4, -0.2) is 77.8 Å². The van der Waals surface area contributed by atoms with E-state index in [2.05, 4.69) is 35.0 Å². The van der Waals surface area contributed by atoms with Crippen LogP contribution in [0.15, 0.2) is 34.7 Å². The van der Waals surface area contributed by atoms with Crippen LogP contribution in [-0.2, 0) is 31.8 Å². The number of aryl methyl sites for hydroxylation is 1. The van der Waals surface area contributed by atoms with Gasteiger partial charge in [-0.05, 0) is 63.8 Å². The molecule has 8 aliphatic rings. The van der Waals surface area contributed by atoms with Gasteiger partial charge in [-0.15, -0.1) is 11.8 Å². The Morgan fingerprint density at radius 3 is 2.67 bits per heavy atom. The number of carbonyl (C=O) groups excluding carboxylic acids is 2. The molecule has 4 bridgehead atoms. The number of rotatable bonds is 2. The predicted octanol–water partition coefficient (Wildman–Crippen LogP) is 5.96. The summed E-state index contributed by atoms with van der Waals surface area (Å²) in [5, 5.41) is 16.4. The van der Waals surface area contributed by atoms with Gasteiger partial charge in [0.1, 0.15) is 23.7 Å². The first-order valence-electron chi connectivity index (χ1n) is 19.1. The molecule has 2 N–H and O–H groups in total. The molecule has 12 rings (SSSR count). The van der Waals surface area contributed by atoms with Crippen LogP contribution in [0, 0.1) is 13.8 Å². The van der Waals surface area contributed by atoms with Gasteiger partial charge < -0.3 is 33.2 Å². The van der Waals surface area contributed by atoms with E-state index < -0.39 is 29.1 Å². The fraction of sp³-hybridized carbons (Fsp3) is 0.476. The zero-order valence-corrected chi connectivity index (χ0v) is 32.5. The van der Waals surface area contributed by atoms with Crippen LogP contribution < -0.4 is 24.3 Å². The third-order valence-electron chi connectivity index (χ3n) is 13.7. The number of esters is 2. The molecule has 13 heteroatoms. The summed E-state index contributed by atoms with van der Waals surface area (Å²) in [6.07, 6.45) is 1.49. The van der Waals surface area contributed by atoms with Crippen LogP contribution in [0.3, 0.4) is 0 Å². The standard InChI is InChI=1S/C42H43N3O9S/c1-19-13-24-27(32(47)33(19)49-6)30-31-37-29-28(36-35(51-18-52-36)20(2)34(29)53-21(3)46)25(45(31)40(4)15-41(24,5)44(30)16-40)14-50-39(48)42(17-55-37)38-23(11-12-43-42)22-9-7-8-10-26(22)54-38/h7-10,13,25,30-31,37,43,47H,11-12,14-18H2,1-6H3/t25-,30+,31?,37+,40?,41?,42+/m0/s1. The maximum absolute atomic E-state index is 14.9. The monoisotopic (exact) mass is 765 g/mol. The van der Waals surface area contributed by atoms with Crippen molar-refractivity contribution in [2.75, 3.05) is 39.4 Å². The molecule has 3 fully saturated rings. The van der Waals surface area contributed by atoms with E-state index in [-0.39, 0.29) is 47.8 Å². The highest BCUT2D eigenvalue weighted by Crippen LogP contribution is 2.71. The van der Waals surface area contributed by atoms with Gasteiger partial charge in [-0.1, -0.05) is 18.2 Å². The zero-order chi connectivity index (χ0) is 37.9. The normalized spacial score (nSPS) is 32.6. The van der Waals surface area contributed by atoms with Crippen molar-refractivity contribution < 1.29 is 42.8 Å². The summed E-state index contributed by atoms with van der Waals surface area (Å²) < 4.78 is 37.7. The molecule has 8 aliphatic heterocycles. The van der Waals surface area contributed by atoms with E-state index in [9.17, 15) is 14.7 Å². The molecular weight excluding hydrogens is 723 g/mol. The van der Waals surface area contributed by atoms with Crippen molar-refractivity contribution in [3.8, 4) is 28.7 Å². The lowest BCUT2D eigenvalue weighted by atomic mass is 9.72. The van der Waals surface area contributed by atoms with Crippen LogP contribution in [0.2, 0.25) is 0 Å². The van der Waals surface area contributed by atoms with Gasteiger partial charge in [-0.3, -0.25) is 19.9 Å². The van der Waals surface area contributed by atoms with Gasteiger partial charge >= 0.3 is 11.9 Å². The average Bonchev–Trinajstić information content (AvgIpc) is 3.90. The Morgan fingerprint density at radius 1 is 1.07 bits per heavy atom. The fourth-order valence-corrected chi connectivity index (χ4v) is 13.5. The van der Waals surface area contributed by atoms with Gasteiger partial charge in [0.2, 0.25) is 6.79 Å². The van der Waals surface area contributed by atoms with E-state index in [0.717, 1.165) is 57.3 Å². The van der Waals surface area contributed by atoms with Crippen LogP contribution >= 0.6 is 11.8 Å². The number of hydrogen-bond donors (Lipinski definition) is 2. The maximum Gasteiger partial charge on any atom is 0.335 e. The van der Waals surface area contributed by atoms with Gasteiger partial charge in [0.15, 0.2) is 28.5 Å². The Labute approximate surface area is 322 Å². The van der Waals surface area contributed by atoms with Crippen LogP contribution in [0.25, 0.3) is 11.0 Å².